The van der Waals surface area contributed by atoms with Gasteiger partial charge in [0.25, 0.3) is 0 Å². The fourth-order valence-electron chi connectivity index (χ4n) is 9.85. The van der Waals surface area contributed by atoms with Crippen LogP contribution in [0.2, 0.25) is 15.1 Å². The van der Waals surface area contributed by atoms with Crippen molar-refractivity contribution in [3.63, 3.8) is 0 Å². The van der Waals surface area contributed by atoms with Gasteiger partial charge in [-0.15, -0.1) is 0 Å². The van der Waals surface area contributed by atoms with Gasteiger partial charge in [0.05, 0.1) is 28.3 Å². The van der Waals surface area contributed by atoms with Crippen LogP contribution in [0.25, 0.3) is 22.4 Å². The van der Waals surface area contributed by atoms with Crippen molar-refractivity contribution in [3.05, 3.63) is 116 Å². The summed E-state index contributed by atoms with van der Waals surface area (Å²) in [4.78, 5) is 40.3. The molecule has 2 saturated heterocycles. The number of aliphatic carboxylic acids is 1. The summed E-state index contributed by atoms with van der Waals surface area (Å²) in [5.41, 5.74) is 7.30. The third-order valence-electron chi connectivity index (χ3n) is 13.1. The van der Waals surface area contributed by atoms with Crippen molar-refractivity contribution in [2.45, 2.75) is 89.6 Å². The third-order valence-corrected chi connectivity index (χ3v) is 14.0. The number of carboxylic acids is 1. The molecule has 2 N–H and O–H groups in total. The van der Waals surface area contributed by atoms with Gasteiger partial charge < -0.3 is 24.6 Å². The Balaban J connectivity index is 0.955. The van der Waals surface area contributed by atoms with Crippen molar-refractivity contribution >= 4 is 46.6 Å². The number of carbonyl (C=O) groups is 2. The molecule has 14 heteroatoms. The summed E-state index contributed by atoms with van der Waals surface area (Å²) in [6.45, 7) is 2.45. The number of pyridine rings is 3. The van der Waals surface area contributed by atoms with Gasteiger partial charge in [-0.25, -0.2) is 4.98 Å². The number of aromatic nitrogens is 3. The molecule has 3 aliphatic carbocycles. The molecule has 4 fully saturated rings. The Bertz CT molecular complexity index is 2510. The fourth-order valence-corrected chi connectivity index (χ4v) is 10.6. The Hall–Kier alpha value is -4.78. The summed E-state index contributed by atoms with van der Waals surface area (Å²) in [6, 6.07) is 20.1. The Morgan fingerprint density at radius 2 is 1.71 bits per heavy atom. The predicted molar refractivity (Wildman–Crippen MR) is 238 cm³/mol. The van der Waals surface area contributed by atoms with Gasteiger partial charge >= 0.3 is 5.97 Å². The van der Waals surface area contributed by atoms with E-state index in [9.17, 15) is 14.7 Å². The van der Waals surface area contributed by atoms with E-state index in [-0.39, 0.29) is 24.6 Å². The molecule has 0 unspecified atom stereocenters. The van der Waals surface area contributed by atoms with E-state index in [4.69, 9.17) is 59.0 Å². The number of methoxy groups -OCH3 is 1. The molecule has 322 valence electrons. The van der Waals surface area contributed by atoms with Crippen LogP contribution in [-0.2, 0) is 35.7 Å². The van der Waals surface area contributed by atoms with Crippen LogP contribution in [0.4, 0.5) is 0 Å². The first kappa shape index (κ1) is 42.5. The Labute approximate surface area is 376 Å². The summed E-state index contributed by atoms with van der Waals surface area (Å²) in [5.74, 6) is 1.14. The first-order valence-corrected chi connectivity index (χ1v) is 22.4. The standard InChI is InChI=1S/C48H48Cl3N5O6/c1-60-44-30(23-52-21-28-8-10-34(57)19-28)9-12-41(54-44)39-7-3-6-38(43(39)51)35-4-2-5-37-36(35)11-13-42(37)62-46-40(50)20-31(45(55-46)61-26-29-18-32(49)24-53-22-29)25-56-27-48(47(58)59)16-14-33(56)15-17-48/h2-7,9,12,18,20,22,24,28,33,42,52H,8,10-11,13-17,19,21,23,25-27H2,1H3,(H,58,59)/t28-,33?,42+,48?/m1/s1. The Morgan fingerprint density at radius 1 is 0.903 bits per heavy atom. The molecule has 2 aliphatic heterocycles. The second-order valence-corrected chi connectivity index (χ2v) is 18.3. The van der Waals surface area contributed by atoms with E-state index in [2.05, 4.69) is 27.3 Å². The van der Waals surface area contributed by atoms with Gasteiger partial charge in [0, 0.05) is 78.7 Å². The lowest BCUT2D eigenvalue weighted by atomic mass is 9.67. The molecule has 0 amide bonds. The number of ether oxygens (including phenoxy) is 3. The largest absolute Gasteiger partial charge is 0.481 e. The third kappa shape index (κ3) is 8.75. The summed E-state index contributed by atoms with van der Waals surface area (Å²) < 4.78 is 18.8. The fraction of sp³-hybridized carbons (Fsp3) is 0.396. The number of ketones is 1. The van der Waals surface area contributed by atoms with Gasteiger partial charge in [-0.2, -0.15) is 4.98 Å². The number of halogens is 3. The van der Waals surface area contributed by atoms with Crippen molar-refractivity contribution < 1.29 is 28.9 Å². The number of piperidine rings is 2. The molecule has 2 bridgehead atoms. The summed E-state index contributed by atoms with van der Waals surface area (Å²) in [5, 5.41) is 15.1. The minimum atomic E-state index is -0.740. The van der Waals surface area contributed by atoms with Gasteiger partial charge in [0.1, 0.15) is 23.5 Å². The maximum Gasteiger partial charge on any atom is 0.310 e. The van der Waals surface area contributed by atoms with Crippen molar-refractivity contribution in [2.24, 2.45) is 11.3 Å². The average molecular weight is 897 g/mol. The smallest absolute Gasteiger partial charge is 0.310 e. The van der Waals surface area contributed by atoms with Crippen LogP contribution in [0.15, 0.2) is 73.1 Å². The van der Waals surface area contributed by atoms with Crippen molar-refractivity contribution in [1.29, 1.82) is 0 Å². The molecule has 5 aliphatic rings. The Kier molecular flexibility index (Phi) is 12.4. The van der Waals surface area contributed by atoms with E-state index >= 15 is 0 Å². The Morgan fingerprint density at radius 3 is 2.48 bits per heavy atom. The first-order chi connectivity index (χ1) is 30.1. The number of carbonyl (C=O) groups excluding carboxylic acids is 1. The molecule has 11 nitrogen and oxygen atoms in total. The first-order valence-electron chi connectivity index (χ1n) is 21.3. The van der Waals surface area contributed by atoms with Gasteiger partial charge in [-0.1, -0.05) is 77.3 Å². The number of Topliss-reactive ketones (excluding diaryl/α,β-unsaturated/α-hetero) is 1. The maximum absolute atomic E-state index is 12.4. The minimum absolute atomic E-state index is 0.167. The molecule has 0 radical (unpaired) electrons. The monoisotopic (exact) mass is 895 g/mol. The van der Waals surface area contributed by atoms with Crippen LogP contribution >= 0.6 is 34.8 Å². The molecule has 3 aromatic heterocycles. The zero-order valence-electron chi connectivity index (χ0n) is 34.5. The number of nitrogens with one attached hydrogen (secondary N) is 1. The number of carboxylic acid groups (broad SMARTS) is 1. The minimum Gasteiger partial charge on any atom is -0.481 e. The quantitative estimate of drug-likeness (QED) is 0.104. The summed E-state index contributed by atoms with van der Waals surface area (Å²) in [6.07, 6.45) is 9.69. The molecule has 2 aromatic carbocycles. The average Bonchev–Trinajstić information content (AvgIpc) is 3.90. The highest BCUT2D eigenvalue weighted by atomic mass is 35.5. The summed E-state index contributed by atoms with van der Waals surface area (Å²) in [7, 11) is 1.62. The van der Waals surface area contributed by atoms with Gasteiger partial charge in [0.15, 0.2) is 0 Å². The lowest BCUT2D eigenvalue weighted by molar-refractivity contribution is -0.160. The maximum atomic E-state index is 12.4. The van der Waals surface area contributed by atoms with Crippen LogP contribution in [0.5, 0.6) is 17.6 Å². The van der Waals surface area contributed by atoms with Crippen molar-refractivity contribution in [3.8, 4) is 40.0 Å². The molecule has 5 aromatic rings. The second kappa shape index (κ2) is 18.1. The number of hydrogen-bond donors (Lipinski definition) is 2. The molecule has 2 saturated carbocycles. The van der Waals surface area contributed by atoms with E-state index in [0.29, 0.717) is 96.0 Å². The molecular weight excluding hydrogens is 849 g/mol. The van der Waals surface area contributed by atoms with Crippen LogP contribution in [0.3, 0.4) is 0 Å². The van der Waals surface area contributed by atoms with Crippen LogP contribution < -0.4 is 19.5 Å². The van der Waals surface area contributed by atoms with Gasteiger partial charge in [-0.3, -0.25) is 19.5 Å². The number of hydrogen-bond acceptors (Lipinski definition) is 10. The topological polar surface area (TPSA) is 136 Å². The van der Waals surface area contributed by atoms with Crippen molar-refractivity contribution in [1.82, 2.24) is 25.2 Å². The van der Waals surface area contributed by atoms with Crippen LogP contribution in [-0.4, -0.2) is 63.0 Å². The normalized spacial score (nSPS) is 21.9. The number of benzene rings is 2. The lowest BCUT2D eigenvalue weighted by Crippen LogP contribution is -2.56. The van der Waals surface area contributed by atoms with E-state index in [0.717, 1.165) is 76.7 Å². The highest BCUT2D eigenvalue weighted by molar-refractivity contribution is 6.36. The second-order valence-electron chi connectivity index (χ2n) is 17.1. The molecule has 62 heavy (non-hydrogen) atoms. The van der Waals surface area contributed by atoms with Crippen LogP contribution in [0.1, 0.15) is 85.3 Å². The number of fused-ring (bicyclic) bond motifs is 4. The van der Waals surface area contributed by atoms with E-state index in [1.165, 1.54) is 0 Å². The SMILES string of the molecule is COc1nc(-c2cccc(-c3cccc4c3CC[C@@H]4Oc3nc(OCc4cncc(Cl)c4)c(CN4CC5(C(=O)O)CCC4CC5)cc3Cl)c2Cl)ccc1CNC[C@@H]1CCC(=O)C1. The van der Waals surface area contributed by atoms with E-state index in [1.54, 1.807) is 25.6 Å². The number of nitrogens with zero attached hydrogens (tertiary/aromatic N) is 4. The molecular formula is C48H48Cl3N5O6. The van der Waals surface area contributed by atoms with Gasteiger partial charge in [-0.05, 0) is 92.3 Å². The molecule has 10 rings (SSSR count). The molecule has 2 atom stereocenters. The van der Waals surface area contributed by atoms with Crippen LogP contribution in [0, 0.1) is 11.3 Å². The lowest BCUT2D eigenvalue weighted by Gasteiger charge is -2.50. The van der Waals surface area contributed by atoms with E-state index < -0.39 is 11.4 Å². The zero-order valence-corrected chi connectivity index (χ0v) is 36.7. The van der Waals surface area contributed by atoms with E-state index in [1.807, 2.05) is 42.5 Å². The predicted octanol–water partition coefficient (Wildman–Crippen LogP) is 10.1. The van der Waals surface area contributed by atoms with Crippen molar-refractivity contribution in [2.75, 3.05) is 20.2 Å². The number of rotatable bonds is 15. The molecule has 0 spiro atoms. The van der Waals surface area contributed by atoms with Gasteiger partial charge in [0.2, 0.25) is 17.6 Å². The zero-order chi connectivity index (χ0) is 43.0. The highest BCUT2D eigenvalue weighted by Gasteiger charge is 2.49. The highest BCUT2D eigenvalue weighted by Crippen LogP contribution is 2.47. The molecule has 5 heterocycles. The summed E-state index contributed by atoms with van der Waals surface area (Å²) >= 11 is 20.5.